The molecule has 0 spiro atoms. The van der Waals surface area contributed by atoms with Crippen molar-refractivity contribution < 1.29 is 39.3 Å². The third kappa shape index (κ3) is 2.33. The van der Waals surface area contributed by atoms with Crippen molar-refractivity contribution >= 4 is 23.4 Å². The zero-order chi connectivity index (χ0) is 18.2. The van der Waals surface area contributed by atoms with Crippen LogP contribution in [0.15, 0.2) is 5.76 Å². The number of primary amides is 1. The Hall–Kier alpha value is -3.43. The van der Waals surface area contributed by atoms with Crippen LogP contribution in [0.25, 0.3) is 5.76 Å². The number of rotatable bonds is 4. The number of aliphatic hydroxyl groups excluding tert-OH is 1. The van der Waals surface area contributed by atoms with Crippen LogP contribution in [0.1, 0.15) is 28.4 Å². The molecule has 0 unspecified atom stereocenters. The van der Waals surface area contributed by atoms with Gasteiger partial charge in [0.25, 0.3) is 5.78 Å². The van der Waals surface area contributed by atoms with Crippen LogP contribution < -0.4 is 16.1 Å². The number of phenols is 2. The van der Waals surface area contributed by atoms with E-state index in [9.17, 15) is 29.7 Å². The molecule has 1 aromatic rings. The number of aliphatic hydroxyl groups is 1. The molecule has 10 heteroatoms. The second-order valence-corrected chi connectivity index (χ2v) is 4.72. The number of ether oxygens (including phenoxy) is 1. The van der Waals surface area contributed by atoms with E-state index in [4.69, 9.17) is 10.6 Å². The Morgan fingerprint density at radius 3 is 2.25 bits per heavy atom. The number of Topliss-reactive ketones (excluding diaryl/α,β-unsaturated/α-hetero) is 2. The number of carbonyl (C=O) groups is 3. The van der Waals surface area contributed by atoms with Crippen molar-refractivity contribution in [2.45, 2.75) is 13.3 Å². The minimum absolute atomic E-state index is 0.0378. The lowest BCUT2D eigenvalue weighted by Gasteiger charge is -2.22. The molecule has 1 aliphatic carbocycles. The molecule has 1 aliphatic rings. The Kier molecular flexibility index (Phi) is 4.22. The first kappa shape index (κ1) is 16.9. The summed E-state index contributed by atoms with van der Waals surface area (Å²) in [4.78, 5) is 39.7. The summed E-state index contributed by atoms with van der Waals surface area (Å²) in [6, 6.07) is -1.10. The van der Waals surface area contributed by atoms with Crippen molar-refractivity contribution in [3.63, 3.8) is 0 Å². The Balaban J connectivity index is 2.83. The van der Waals surface area contributed by atoms with Gasteiger partial charge in [-0.1, -0.05) is 6.92 Å². The molecule has 0 heterocycles. The van der Waals surface area contributed by atoms with Crippen LogP contribution in [-0.2, 0) is 16.0 Å². The van der Waals surface area contributed by atoms with Gasteiger partial charge in [-0.3, -0.25) is 9.59 Å². The van der Waals surface area contributed by atoms with Gasteiger partial charge in [0.1, 0.15) is 5.75 Å². The standard InChI is InChI=1S/C14H14N2O8/c1-3-4-7(17)5-6(9(19)12(4)24-16-14(15)22)8(18)11(21)13(23-2)10(5)20/h17,19-20H,3H2,1-2H3,(H3,15,16,22). The predicted molar refractivity (Wildman–Crippen MR) is 78.4 cm³/mol. The number of carbonyl (C=O) groups excluding carboxylic acids is 3. The average molecular weight is 338 g/mol. The molecule has 0 saturated heterocycles. The number of nitrogens with one attached hydrogen (secondary N) is 1. The van der Waals surface area contributed by atoms with Crippen molar-refractivity contribution in [2.75, 3.05) is 7.11 Å². The third-order valence-electron chi connectivity index (χ3n) is 3.40. The molecule has 0 aliphatic heterocycles. The molecular weight excluding hydrogens is 324 g/mol. The Labute approximate surface area is 135 Å². The van der Waals surface area contributed by atoms with Gasteiger partial charge in [-0.25, -0.2) is 4.79 Å². The second-order valence-electron chi connectivity index (χ2n) is 4.72. The lowest BCUT2D eigenvalue weighted by Crippen LogP contribution is -2.33. The molecule has 0 fully saturated rings. The second kappa shape index (κ2) is 5.99. The number of phenolic OH excluding ortho intramolecular Hbond substituents is 2. The fourth-order valence-electron chi connectivity index (χ4n) is 2.37. The van der Waals surface area contributed by atoms with Gasteiger partial charge < -0.3 is 30.6 Å². The van der Waals surface area contributed by atoms with Gasteiger partial charge in [0.05, 0.1) is 18.2 Å². The summed E-state index contributed by atoms with van der Waals surface area (Å²) in [6.45, 7) is 1.58. The molecule has 0 atom stereocenters. The molecule has 2 rings (SSSR count). The van der Waals surface area contributed by atoms with Crippen molar-refractivity contribution in [3.8, 4) is 17.2 Å². The molecule has 1 aromatic carbocycles. The van der Waals surface area contributed by atoms with E-state index in [1.54, 1.807) is 12.4 Å². The number of aromatic hydroxyl groups is 2. The first-order valence-corrected chi connectivity index (χ1v) is 6.65. The lowest BCUT2D eigenvalue weighted by molar-refractivity contribution is -0.114. The quantitative estimate of drug-likeness (QED) is 0.296. The number of fused-ring (bicyclic) bond motifs is 1. The summed E-state index contributed by atoms with van der Waals surface area (Å²) in [7, 11) is 1.06. The van der Waals surface area contributed by atoms with Crippen LogP contribution in [0.5, 0.6) is 17.2 Å². The van der Waals surface area contributed by atoms with E-state index in [2.05, 4.69) is 4.74 Å². The summed E-state index contributed by atoms with van der Waals surface area (Å²) in [6.07, 6.45) is 0.0835. The number of benzene rings is 1. The summed E-state index contributed by atoms with van der Waals surface area (Å²) in [5, 5.41) is 30.7. The highest BCUT2D eigenvalue weighted by atomic mass is 16.7. The fraction of sp³-hybridized carbons (Fsp3) is 0.214. The maximum Gasteiger partial charge on any atom is 0.345 e. The van der Waals surface area contributed by atoms with Crippen LogP contribution >= 0.6 is 0 Å². The molecule has 0 aromatic heterocycles. The number of methoxy groups -OCH3 is 1. The molecule has 10 nitrogen and oxygen atoms in total. The molecular formula is C14H14N2O8. The van der Waals surface area contributed by atoms with E-state index in [0.29, 0.717) is 0 Å². The fourth-order valence-corrected chi connectivity index (χ4v) is 2.37. The summed E-state index contributed by atoms with van der Waals surface area (Å²) in [5.41, 5.74) is 5.43. The summed E-state index contributed by atoms with van der Waals surface area (Å²) in [5.74, 6) is -5.81. The number of ketones is 2. The van der Waals surface area contributed by atoms with Gasteiger partial charge in [0, 0.05) is 5.56 Å². The molecule has 0 bridgehead atoms. The van der Waals surface area contributed by atoms with E-state index < -0.39 is 57.5 Å². The topological polar surface area (TPSA) is 168 Å². The highest BCUT2D eigenvalue weighted by molar-refractivity contribution is 6.52. The number of nitrogens with two attached hydrogens (primary N) is 1. The number of hydrogen-bond acceptors (Lipinski definition) is 8. The molecule has 0 radical (unpaired) electrons. The lowest BCUT2D eigenvalue weighted by atomic mass is 9.88. The average Bonchev–Trinajstić information content (AvgIpc) is 2.53. The van der Waals surface area contributed by atoms with Gasteiger partial charge in [-0.15, -0.1) is 0 Å². The maximum atomic E-state index is 12.2. The van der Waals surface area contributed by atoms with Gasteiger partial charge in [0.2, 0.25) is 17.3 Å². The molecule has 2 amide bonds. The smallest absolute Gasteiger partial charge is 0.345 e. The summed E-state index contributed by atoms with van der Waals surface area (Å²) < 4.78 is 4.68. The monoisotopic (exact) mass is 338 g/mol. The highest BCUT2D eigenvalue weighted by Gasteiger charge is 2.41. The Bertz CT molecular complexity index is 797. The Morgan fingerprint density at radius 2 is 1.75 bits per heavy atom. The number of hydroxylamine groups is 1. The molecule has 6 N–H and O–H groups in total. The van der Waals surface area contributed by atoms with Gasteiger partial charge in [-0.2, -0.15) is 5.48 Å². The van der Waals surface area contributed by atoms with E-state index in [0.717, 1.165) is 7.11 Å². The van der Waals surface area contributed by atoms with Crippen LogP contribution in [0.2, 0.25) is 0 Å². The zero-order valence-corrected chi connectivity index (χ0v) is 12.7. The zero-order valence-electron chi connectivity index (χ0n) is 12.7. The van der Waals surface area contributed by atoms with E-state index in [1.165, 1.54) is 0 Å². The van der Waals surface area contributed by atoms with E-state index in [-0.39, 0.29) is 12.0 Å². The van der Waals surface area contributed by atoms with Gasteiger partial charge in [-0.05, 0) is 6.42 Å². The summed E-state index contributed by atoms with van der Waals surface area (Å²) >= 11 is 0. The van der Waals surface area contributed by atoms with Crippen LogP contribution in [0.3, 0.4) is 0 Å². The third-order valence-corrected chi connectivity index (χ3v) is 3.40. The first-order chi connectivity index (χ1) is 11.3. The minimum atomic E-state index is -1.22. The number of urea groups is 1. The first-order valence-electron chi connectivity index (χ1n) is 6.65. The minimum Gasteiger partial charge on any atom is -0.507 e. The van der Waals surface area contributed by atoms with Crippen LogP contribution in [-0.4, -0.2) is 40.0 Å². The molecule has 0 saturated carbocycles. The van der Waals surface area contributed by atoms with E-state index >= 15 is 0 Å². The maximum absolute atomic E-state index is 12.2. The van der Waals surface area contributed by atoms with Gasteiger partial charge in [0.15, 0.2) is 11.5 Å². The van der Waals surface area contributed by atoms with E-state index in [1.807, 2.05) is 0 Å². The van der Waals surface area contributed by atoms with Gasteiger partial charge >= 0.3 is 6.03 Å². The van der Waals surface area contributed by atoms with Crippen molar-refractivity contribution in [1.29, 1.82) is 0 Å². The highest BCUT2D eigenvalue weighted by Crippen LogP contribution is 2.48. The Morgan fingerprint density at radius 1 is 1.12 bits per heavy atom. The SMILES string of the molecule is CCc1c(O)c2c(c(O)c1ONC(N)=O)C(=O)C(=O)C(OC)=C2O. The number of amides is 2. The van der Waals surface area contributed by atoms with Crippen molar-refractivity contribution in [3.05, 3.63) is 22.4 Å². The predicted octanol–water partition coefficient (Wildman–Crippen LogP) is 0.261. The molecule has 24 heavy (non-hydrogen) atoms. The van der Waals surface area contributed by atoms with Crippen LogP contribution in [0.4, 0.5) is 4.79 Å². The number of allylic oxidation sites excluding steroid dienone is 1. The number of hydrogen-bond donors (Lipinski definition) is 5. The van der Waals surface area contributed by atoms with Crippen molar-refractivity contribution in [1.82, 2.24) is 5.48 Å². The normalized spacial score (nSPS) is 13.6. The van der Waals surface area contributed by atoms with Crippen LogP contribution in [0, 0.1) is 0 Å². The largest absolute Gasteiger partial charge is 0.507 e. The molecule has 128 valence electrons. The van der Waals surface area contributed by atoms with Crippen molar-refractivity contribution in [2.24, 2.45) is 5.73 Å².